The van der Waals surface area contributed by atoms with E-state index in [1.165, 1.54) is 17.0 Å². The van der Waals surface area contributed by atoms with E-state index in [-0.39, 0.29) is 0 Å². The SMILES string of the molecule is C[C@H]1CCc2nc(/C(C#N)=C\c3ccco3)sc2C1. The summed E-state index contributed by atoms with van der Waals surface area (Å²) < 4.78 is 5.26. The molecule has 1 aliphatic rings. The smallest absolute Gasteiger partial charge is 0.134 e. The van der Waals surface area contributed by atoms with E-state index in [1.807, 2.05) is 12.1 Å². The minimum atomic E-state index is 0.585. The number of rotatable bonds is 2. The summed E-state index contributed by atoms with van der Waals surface area (Å²) >= 11 is 1.65. The van der Waals surface area contributed by atoms with Crippen LogP contribution >= 0.6 is 11.3 Å². The van der Waals surface area contributed by atoms with Crippen LogP contribution in [0.5, 0.6) is 0 Å². The maximum absolute atomic E-state index is 9.30. The molecule has 1 atom stereocenters. The van der Waals surface area contributed by atoms with Crippen LogP contribution in [-0.4, -0.2) is 4.98 Å². The van der Waals surface area contributed by atoms with Gasteiger partial charge in [0.05, 0.1) is 17.5 Å². The highest BCUT2D eigenvalue weighted by atomic mass is 32.1. The molecule has 0 fully saturated rings. The Kier molecular flexibility index (Phi) is 3.22. The molecule has 96 valence electrons. The molecule has 0 aromatic carbocycles. The highest BCUT2D eigenvalue weighted by Gasteiger charge is 2.21. The van der Waals surface area contributed by atoms with E-state index >= 15 is 0 Å². The van der Waals surface area contributed by atoms with Crippen LogP contribution in [-0.2, 0) is 12.8 Å². The van der Waals surface area contributed by atoms with Gasteiger partial charge < -0.3 is 4.42 Å². The van der Waals surface area contributed by atoms with Gasteiger partial charge in [-0.05, 0) is 37.3 Å². The summed E-state index contributed by atoms with van der Waals surface area (Å²) in [4.78, 5) is 5.96. The third-order valence-corrected chi connectivity index (χ3v) is 4.52. The first-order chi connectivity index (χ1) is 9.26. The van der Waals surface area contributed by atoms with Crippen molar-refractivity contribution in [1.29, 1.82) is 5.26 Å². The van der Waals surface area contributed by atoms with Crippen molar-refractivity contribution in [2.75, 3.05) is 0 Å². The molecule has 0 aliphatic heterocycles. The zero-order valence-corrected chi connectivity index (χ0v) is 11.5. The van der Waals surface area contributed by atoms with Crippen LogP contribution in [0, 0.1) is 17.2 Å². The van der Waals surface area contributed by atoms with Crippen molar-refractivity contribution in [3.63, 3.8) is 0 Å². The fourth-order valence-corrected chi connectivity index (χ4v) is 3.55. The highest BCUT2D eigenvalue weighted by molar-refractivity contribution is 7.13. The fraction of sp³-hybridized carbons (Fsp3) is 0.333. The second-order valence-electron chi connectivity index (χ2n) is 4.92. The van der Waals surface area contributed by atoms with Crippen molar-refractivity contribution in [3.05, 3.63) is 39.7 Å². The molecule has 0 radical (unpaired) electrons. The van der Waals surface area contributed by atoms with Crippen LogP contribution in [0.25, 0.3) is 11.6 Å². The number of hydrogen-bond acceptors (Lipinski definition) is 4. The van der Waals surface area contributed by atoms with Gasteiger partial charge in [0, 0.05) is 11.0 Å². The Bertz CT molecular complexity index is 646. The molecule has 1 aliphatic carbocycles. The molecule has 3 rings (SSSR count). The molecule has 2 heterocycles. The maximum Gasteiger partial charge on any atom is 0.134 e. The lowest BCUT2D eigenvalue weighted by Gasteiger charge is -2.15. The van der Waals surface area contributed by atoms with E-state index in [1.54, 1.807) is 23.7 Å². The minimum Gasteiger partial charge on any atom is -0.465 e. The quantitative estimate of drug-likeness (QED) is 0.777. The lowest BCUT2D eigenvalue weighted by molar-refractivity contribution is 0.502. The molecule has 4 heteroatoms. The number of thiazole rings is 1. The normalized spacial score (nSPS) is 18.9. The first-order valence-electron chi connectivity index (χ1n) is 6.40. The Hall–Kier alpha value is -1.86. The van der Waals surface area contributed by atoms with Gasteiger partial charge in [-0.25, -0.2) is 4.98 Å². The number of aromatic nitrogens is 1. The molecule has 0 saturated heterocycles. The Morgan fingerprint density at radius 2 is 2.53 bits per heavy atom. The molecule has 0 N–H and O–H groups in total. The summed E-state index contributed by atoms with van der Waals surface area (Å²) in [5.41, 5.74) is 1.76. The van der Waals surface area contributed by atoms with Crippen molar-refractivity contribution in [2.45, 2.75) is 26.2 Å². The molecule has 2 aromatic rings. The number of nitrogens with zero attached hydrogens (tertiary/aromatic N) is 2. The second-order valence-corrected chi connectivity index (χ2v) is 6.01. The van der Waals surface area contributed by atoms with Gasteiger partial charge in [0.2, 0.25) is 0 Å². The standard InChI is InChI=1S/C15H14N2OS/c1-10-4-5-13-14(7-10)19-15(17-13)11(9-16)8-12-3-2-6-18-12/h2-3,6,8,10H,4-5,7H2,1H3/b11-8-/t10-/m0/s1. The van der Waals surface area contributed by atoms with Crippen LogP contribution in [0.3, 0.4) is 0 Å². The topological polar surface area (TPSA) is 49.8 Å². The van der Waals surface area contributed by atoms with Crippen LogP contribution in [0.2, 0.25) is 0 Å². The summed E-state index contributed by atoms with van der Waals surface area (Å²) in [7, 11) is 0. The average molecular weight is 270 g/mol. The van der Waals surface area contributed by atoms with E-state index in [4.69, 9.17) is 4.42 Å². The zero-order chi connectivity index (χ0) is 13.2. The van der Waals surface area contributed by atoms with Crippen LogP contribution in [0.15, 0.2) is 22.8 Å². The molecule has 0 amide bonds. The molecule has 19 heavy (non-hydrogen) atoms. The number of nitriles is 1. The van der Waals surface area contributed by atoms with Gasteiger partial charge in [0.1, 0.15) is 16.8 Å². The number of hydrogen-bond donors (Lipinski definition) is 0. The Morgan fingerprint density at radius 3 is 3.26 bits per heavy atom. The molecule has 0 bridgehead atoms. The largest absolute Gasteiger partial charge is 0.465 e. The lowest BCUT2D eigenvalue weighted by Crippen LogP contribution is -2.09. The molecule has 2 aromatic heterocycles. The summed E-state index contributed by atoms with van der Waals surface area (Å²) in [6.07, 6.45) is 6.68. The van der Waals surface area contributed by atoms with E-state index in [0.717, 1.165) is 23.8 Å². The molecular weight excluding hydrogens is 256 g/mol. The zero-order valence-electron chi connectivity index (χ0n) is 10.7. The van der Waals surface area contributed by atoms with E-state index < -0.39 is 0 Å². The number of aryl methyl sites for hydroxylation is 1. The van der Waals surface area contributed by atoms with Crippen molar-refractivity contribution in [2.24, 2.45) is 5.92 Å². The average Bonchev–Trinajstić information content (AvgIpc) is 3.03. The van der Waals surface area contributed by atoms with Gasteiger partial charge in [-0.2, -0.15) is 5.26 Å². The number of allylic oxidation sites excluding steroid dienone is 1. The summed E-state index contributed by atoms with van der Waals surface area (Å²) in [6.45, 7) is 2.27. The lowest BCUT2D eigenvalue weighted by atomic mass is 9.93. The summed E-state index contributed by atoms with van der Waals surface area (Å²) in [5.74, 6) is 1.42. The Morgan fingerprint density at radius 1 is 1.63 bits per heavy atom. The third-order valence-electron chi connectivity index (χ3n) is 3.37. The van der Waals surface area contributed by atoms with Gasteiger partial charge in [-0.3, -0.25) is 0 Å². The monoisotopic (exact) mass is 270 g/mol. The van der Waals surface area contributed by atoms with Crippen LogP contribution in [0.1, 0.15) is 34.7 Å². The number of fused-ring (bicyclic) bond motifs is 1. The van der Waals surface area contributed by atoms with Gasteiger partial charge in [-0.15, -0.1) is 11.3 Å². The van der Waals surface area contributed by atoms with Crippen molar-refractivity contribution < 1.29 is 4.42 Å². The predicted molar refractivity (Wildman–Crippen MR) is 75.5 cm³/mol. The van der Waals surface area contributed by atoms with Gasteiger partial charge in [-0.1, -0.05) is 6.92 Å². The first kappa shape index (κ1) is 12.2. The molecule has 0 spiro atoms. The Labute approximate surface area is 116 Å². The van der Waals surface area contributed by atoms with E-state index in [9.17, 15) is 5.26 Å². The molecule has 3 nitrogen and oxygen atoms in total. The van der Waals surface area contributed by atoms with Crippen LogP contribution in [0.4, 0.5) is 0 Å². The highest BCUT2D eigenvalue weighted by Crippen LogP contribution is 2.32. The fourth-order valence-electron chi connectivity index (χ4n) is 2.31. The van der Waals surface area contributed by atoms with E-state index in [2.05, 4.69) is 18.0 Å². The van der Waals surface area contributed by atoms with Gasteiger partial charge >= 0.3 is 0 Å². The van der Waals surface area contributed by atoms with Gasteiger partial charge in [0.15, 0.2) is 0 Å². The predicted octanol–water partition coefficient (Wildman–Crippen LogP) is 3.93. The van der Waals surface area contributed by atoms with Crippen molar-refractivity contribution in [1.82, 2.24) is 4.98 Å². The second kappa shape index (κ2) is 5.02. The molecule has 0 saturated carbocycles. The number of furan rings is 1. The summed E-state index contributed by atoms with van der Waals surface area (Å²) in [5, 5.41) is 10.1. The maximum atomic E-state index is 9.30. The minimum absolute atomic E-state index is 0.585. The van der Waals surface area contributed by atoms with Crippen LogP contribution < -0.4 is 0 Å². The third kappa shape index (κ3) is 2.47. The van der Waals surface area contributed by atoms with E-state index in [0.29, 0.717) is 11.3 Å². The first-order valence-corrected chi connectivity index (χ1v) is 7.22. The van der Waals surface area contributed by atoms with Crippen molar-refractivity contribution >= 4 is 23.0 Å². The summed E-state index contributed by atoms with van der Waals surface area (Å²) in [6, 6.07) is 5.88. The van der Waals surface area contributed by atoms with Crippen molar-refractivity contribution in [3.8, 4) is 6.07 Å². The Balaban J connectivity index is 1.95. The molecular formula is C15H14N2OS. The van der Waals surface area contributed by atoms with Gasteiger partial charge in [0.25, 0.3) is 0 Å². The molecule has 0 unspecified atom stereocenters.